The van der Waals surface area contributed by atoms with E-state index in [4.69, 9.17) is 5.11 Å². The smallest absolute Gasteiger partial charge is 0.315 e. The Kier molecular flexibility index (Phi) is 5.79. The Balaban J connectivity index is 1.77. The van der Waals surface area contributed by atoms with Crippen molar-refractivity contribution < 1.29 is 14.7 Å². The van der Waals surface area contributed by atoms with Gasteiger partial charge in [0.15, 0.2) is 0 Å². The first-order valence-electron chi connectivity index (χ1n) is 7.84. The van der Waals surface area contributed by atoms with Gasteiger partial charge in [-0.1, -0.05) is 19.3 Å². The summed E-state index contributed by atoms with van der Waals surface area (Å²) in [5.74, 6) is -0.772. The van der Waals surface area contributed by atoms with Crippen LogP contribution in [0.1, 0.15) is 51.4 Å². The third-order valence-corrected chi connectivity index (χ3v) is 6.06. The minimum Gasteiger partial charge on any atom is -0.481 e. The van der Waals surface area contributed by atoms with E-state index in [-0.39, 0.29) is 23.9 Å². The van der Waals surface area contributed by atoms with Crippen LogP contribution in [0.5, 0.6) is 0 Å². The van der Waals surface area contributed by atoms with E-state index in [1.807, 2.05) is 11.8 Å². The van der Waals surface area contributed by atoms with Gasteiger partial charge >= 0.3 is 12.0 Å². The van der Waals surface area contributed by atoms with Crippen LogP contribution in [0.3, 0.4) is 0 Å². The highest BCUT2D eigenvalue weighted by molar-refractivity contribution is 7.99. The van der Waals surface area contributed by atoms with Gasteiger partial charge in [0.2, 0.25) is 0 Å². The molecule has 0 radical (unpaired) electrons. The normalized spacial score (nSPS) is 27.5. The molecule has 2 saturated carbocycles. The Morgan fingerprint density at radius 3 is 2.52 bits per heavy atom. The molecule has 2 rings (SSSR count). The molecule has 0 aromatic heterocycles. The molecular weight excluding hydrogens is 288 g/mol. The summed E-state index contributed by atoms with van der Waals surface area (Å²) in [5, 5.41) is 15.5. The SMILES string of the molecule is CSC1CCCCC1NC(=O)NCC1(CC(=O)O)CCC1. The molecule has 2 unspecified atom stereocenters. The summed E-state index contributed by atoms with van der Waals surface area (Å²) in [6, 6.07) is 0.100. The van der Waals surface area contributed by atoms with Gasteiger partial charge in [-0.25, -0.2) is 4.79 Å². The minimum atomic E-state index is -0.772. The highest BCUT2D eigenvalue weighted by Crippen LogP contribution is 2.43. The number of thioether (sulfide) groups is 1. The second kappa shape index (κ2) is 7.38. The number of aliphatic carboxylic acids is 1. The zero-order valence-electron chi connectivity index (χ0n) is 12.7. The van der Waals surface area contributed by atoms with Crippen molar-refractivity contribution in [3.63, 3.8) is 0 Å². The molecule has 3 N–H and O–H groups in total. The largest absolute Gasteiger partial charge is 0.481 e. The van der Waals surface area contributed by atoms with Crippen molar-refractivity contribution in [1.82, 2.24) is 10.6 Å². The van der Waals surface area contributed by atoms with Gasteiger partial charge in [-0.05, 0) is 37.4 Å². The van der Waals surface area contributed by atoms with E-state index in [1.165, 1.54) is 12.8 Å². The van der Waals surface area contributed by atoms with Crippen LogP contribution in [0, 0.1) is 5.41 Å². The highest BCUT2D eigenvalue weighted by Gasteiger charge is 2.39. The van der Waals surface area contributed by atoms with E-state index in [9.17, 15) is 9.59 Å². The maximum Gasteiger partial charge on any atom is 0.315 e. The number of carbonyl (C=O) groups excluding carboxylic acids is 1. The number of urea groups is 1. The van der Waals surface area contributed by atoms with Crippen molar-refractivity contribution in [2.24, 2.45) is 5.41 Å². The number of hydrogen-bond acceptors (Lipinski definition) is 3. The predicted octanol–water partition coefficient (Wildman–Crippen LogP) is 2.60. The zero-order valence-corrected chi connectivity index (χ0v) is 13.5. The molecule has 120 valence electrons. The number of carboxylic acid groups (broad SMARTS) is 1. The second-order valence-corrected chi connectivity index (χ2v) is 7.49. The van der Waals surface area contributed by atoms with Crippen molar-refractivity contribution in [3.8, 4) is 0 Å². The molecule has 21 heavy (non-hydrogen) atoms. The minimum absolute atomic E-state index is 0.141. The van der Waals surface area contributed by atoms with Crippen molar-refractivity contribution in [2.75, 3.05) is 12.8 Å². The molecule has 2 fully saturated rings. The monoisotopic (exact) mass is 314 g/mol. The number of nitrogens with one attached hydrogen (secondary N) is 2. The van der Waals surface area contributed by atoms with E-state index < -0.39 is 5.97 Å². The number of carbonyl (C=O) groups is 2. The molecule has 5 nitrogen and oxygen atoms in total. The van der Waals surface area contributed by atoms with Crippen LogP contribution in [0.15, 0.2) is 0 Å². The first-order valence-corrected chi connectivity index (χ1v) is 9.12. The fourth-order valence-corrected chi connectivity index (χ4v) is 4.38. The molecule has 0 saturated heterocycles. The topological polar surface area (TPSA) is 78.4 Å². The Labute approximate surface area is 130 Å². The van der Waals surface area contributed by atoms with Gasteiger partial charge < -0.3 is 15.7 Å². The van der Waals surface area contributed by atoms with Crippen molar-refractivity contribution in [1.29, 1.82) is 0 Å². The van der Waals surface area contributed by atoms with Gasteiger partial charge in [-0.3, -0.25) is 4.79 Å². The zero-order chi connectivity index (χ0) is 15.3. The van der Waals surface area contributed by atoms with Crippen molar-refractivity contribution in [3.05, 3.63) is 0 Å². The standard InChI is InChI=1S/C15H26N2O3S/c1-21-12-6-3-2-5-11(12)17-14(20)16-10-15(7-4-8-15)9-13(18)19/h11-12H,2-10H2,1H3,(H,18,19)(H2,16,17,20). The Bertz CT molecular complexity index is 385. The van der Waals surface area contributed by atoms with Gasteiger partial charge in [-0.2, -0.15) is 11.8 Å². The van der Waals surface area contributed by atoms with Crippen LogP contribution < -0.4 is 10.6 Å². The molecule has 0 aliphatic heterocycles. The van der Waals surface area contributed by atoms with Crippen LogP contribution in [0.4, 0.5) is 4.79 Å². The van der Waals surface area contributed by atoms with E-state index in [2.05, 4.69) is 16.9 Å². The molecule has 0 heterocycles. The average Bonchev–Trinajstić information content (AvgIpc) is 2.42. The van der Waals surface area contributed by atoms with Gasteiger partial charge in [0.1, 0.15) is 0 Å². The average molecular weight is 314 g/mol. The van der Waals surface area contributed by atoms with Crippen molar-refractivity contribution in [2.45, 2.75) is 62.7 Å². The second-order valence-electron chi connectivity index (χ2n) is 6.42. The number of amides is 2. The summed E-state index contributed by atoms with van der Waals surface area (Å²) in [6.45, 7) is 0.474. The summed E-state index contributed by atoms with van der Waals surface area (Å²) >= 11 is 1.82. The number of carboxylic acids is 1. The van der Waals surface area contributed by atoms with Crippen LogP contribution in [-0.2, 0) is 4.79 Å². The van der Waals surface area contributed by atoms with Gasteiger partial charge in [-0.15, -0.1) is 0 Å². The van der Waals surface area contributed by atoms with Gasteiger partial charge in [0, 0.05) is 17.8 Å². The lowest BCUT2D eigenvalue weighted by Gasteiger charge is -2.41. The summed E-state index contributed by atoms with van der Waals surface area (Å²) in [5.41, 5.74) is -0.214. The molecule has 0 spiro atoms. The fraction of sp³-hybridized carbons (Fsp3) is 0.867. The summed E-state index contributed by atoms with van der Waals surface area (Å²) in [4.78, 5) is 23.0. The van der Waals surface area contributed by atoms with E-state index in [0.29, 0.717) is 11.8 Å². The maximum absolute atomic E-state index is 12.1. The van der Waals surface area contributed by atoms with E-state index in [1.54, 1.807) is 0 Å². The molecule has 0 bridgehead atoms. The molecular formula is C15H26N2O3S. The fourth-order valence-electron chi connectivity index (χ4n) is 3.44. The van der Waals surface area contributed by atoms with Crippen molar-refractivity contribution >= 4 is 23.8 Å². The Morgan fingerprint density at radius 1 is 1.24 bits per heavy atom. The third-order valence-electron chi connectivity index (χ3n) is 4.89. The summed E-state index contributed by atoms with van der Waals surface area (Å²) in [6.07, 6.45) is 9.73. The number of hydrogen-bond donors (Lipinski definition) is 3. The summed E-state index contributed by atoms with van der Waals surface area (Å²) < 4.78 is 0. The molecule has 0 aromatic rings. The highest BCUT2D eigenvalue weighted by atomic mass is 32.2. The third kappa shape index (κ3) is 4.53. The van der Waals surface area contributed by atoms with Gasteiger partial charge in [0.25, 0.3) is 0 Å². The van der Waals surface area contributed by atoms with E-state index >= 15 is 0 Å². The Morgan fingerprint density at radius 2 is 1.95 bits per heavy atom. The lowest BCUT2D eigenvalue weighted by atomic mass is 9.66. The number of rotatable bonds is 6. The first-order chi connectivity index (χ1) is 10.0. The van der Waals surface area contributed by atoms with Crippen LogP contribution in [0.2, 0.25) is 0 Å². The molecule has 2 aliphatic carbocycles. The lowest BCUT2D eigenvalue weighted by molar-refractivity contribution is -0.141. The summed E-state index contributed by atoms with van der Waals surface area (Å²) in [7, 11) is 0. The van der Waals surface area contributed by atoms with Crippen LogP contribution in [0.25, 0.3) is 0 Å². The molecule has 0 aromatic carbocycles. The quantitative estimate of drug-likeness (QED) is 0.704. The molecule has 2 atom stereocenters. The molecule has 6 heteroatoms. The molecule has 2 aliphatic rings. The first kappa shape index (κ1) is 16.5. The molecule has 2 amide bonds. The Hall–Kier alpha value is -0.910. The maximum atomic E-state index is 12.1. The van der Waals surface area contributed by atoms with Crippen LogP contribution in [-0.4, -0.2) is 41.2 Å². The predicted molar refractivity (Wildman–Crippen MR) is 84.6 cm³/mol. The van der Waals surface area contributed by atoms with Gasteiger partial charge in [0.05, 0.1) is 6.42 Å². The van der Waals surface area contributed by atoms with E-state index in [0.717, 1.165) is 32.1 Å². The lowest BCUT2D eigenvalue weighted by Crippen LogP contribution is -2.51. The van der Waals surface area contributed by atoms with Crippen LogP contribution >= 0.6 is 11.8 Å².